The van der Waals surface area contributed by atoms with E-state index in [2.05, 4.69) is 15.9 Å². The van der Waals surface area contributed by atoms with E-state index in [0.29, 0.717) is 4.47 Å². The number of carbonyl (C=O) groups excluding carboxylic acids is 2. The van der Waals surface area contributed by atoms with E-state index in [4.69, 9.17) is 10.5 Å². The number of hydrogen-bond donors (Lipinski definition) is 1. The standard InChI is InChI=1S/C20H10BrFN2O3/c21-9-5-6-14(22)12(7-9)15-13(8-23)20(24)27-19-16(15)17(25)10-3-1-2-4-11(10)18(19)26/h1-7,15H,24H2. The fraction of sp³-hybridized carbons (Fsp3) is 0.0500. The number of hydrogen-bond acceptors (Lipinski definition) is 5. The summed E-state index contributed by atoms with van der Waals surface area (Å²) in [7, 11) is 0. The first-order valence-electron chi connectivity index (χ1n) is 7.89. The number of nitrogens with two attached hydrogens (primary N) is 1. The van der Waals surface area contributed by atoms with Crippen molar-refractivity contribution in [2.45, 2.75) is 5.92 Å². The van der Waals surface area contributed by atoms with Crippen LogP contribution in [0.15, 0.2) is 69.7 Å². The number of ketones is 2. The SMILES string of the molecule is N#CC1=C(N)OC2=C(C(=O)c3ccccc3C2=O)C1c1cc(Br)ccc1F. The van der Waals surface area contributed by atoms with Crippen molar-refractivity contribution in [1.82, 2.24) is 0 Å². The zero-order chi connectivity index (χ0) is 19.3. The van der Waals surface area contributed by atoms with Gasteiger partial charge in [0.2, 0.25) is 11.7 Å². The number of allylic oxidation sites excluding steroid dienone is 3. The van der Waals surface area contributed by atoms with E-state index < -0.39 is 23.3 Å². The van der Waals surface area contributed by atoms with Gasteiger partial charge in [0, 0.05) is 21.2 Å². The lowest BCUT2D eigenvalue weighted by molar-refractivity contribution is 0.0897. The molecule has 0 amide bonds. The number of rotatable bonds is 1. The van der Waals surface area contributed by atoms with Crippen molar-refractivity contribution in [1.29, 1.82) is 5.26 Å². The minimum Gasteiger partial charge on any atom is -0.436 e. The fourth-order valence-corrected chi connectivity index (χ4v) is 3.73. The molecule has 1 heterocycles. The van der Waals surface area contributed by atoms with Crippen LogP contribution in [0.2, 0.25) is 0 Å². The van der Waals surface area contributed by atoms with Gasteiger partial charge in [-0.2, -0.15) is 5.26 Å². The van der Waals surface area contributed by atoms with Gasteiger partial charge >= 0.3 is 0 Å². The average molecular weight is 425 g/mol. The fourth-order valence-electron chi connectivity index (χ4n) is 3.35. The van der Waals surface area contributed by atoms with Crippen LogP contribution in [0, 0.1) is 17.1 Å². The molecule has 5 nitrogen and oxygen atoms in total. The molecule has 1 aliphatic carbocycles. The molecule has 2 aromatic carbocycles. The average Bonchev–Trinajstić information content (AvgIpc) is 2.67. The lowest BCUT2D eigenvalue weighted by atomic mass is 9.75. The number of nitriles is 1. The highest BCUT2D eigenvalue weighted by Gasteiger charge is 2.44. The van der Waals surface area contributed by atoms with E-state index in [9.17, 15) is 19.2 Å². The lowest BCUT2D eigenvalue weighted by Gasteiger charge is -2.31. The zero-order valence-electron chi connectivity index (χ0n) is 13.6. The Kier molecular flexibility index (Phi) is 3.93. The molecule has 0 spiro atoms. The second-order valence-corrected chi connectivity index (χ2v) is 6.95. The van der Waals surface area contributed by atoms with Gasteiger partial charge in [-0.05, 0) is 18.2 Å². The number of fused-ring (bicyclic) bond motifs is 1. The molecule has 0 saturated heterocycles. The Bertz CT molecular complexity index is 1140. The maximum Gasteiger partial charge on any atom is 0.229 e. The summed E-state index contributed by atoms with van der Waals surface area (Å²) in [5.74, 6) is -3.37. The van der Waals surface area contributed by atoms with Crippen LogP contribution in [-0.2, 0) is 4.74 Å². The van der Waals surface area contributed by atoms with Gasteiger partial charge in [0.25, 0.3) is 0 Å². The predicted octanol–water partition coefficient (Wildman–Crippen LogP) is 3.73. The second kappa shape index (κ2) is 6.18. The molecule has 4 rings (SSSR count). The molecule has 2 aliphatic rings. The number of benzene rings is 2. The third-order valence-electron chi connectivity index (χ3n) is 4.56. The van der Waals surface area contributed by atoms with Crippen molar-refractivity contribution >= 4 is 27.5 Å². The van der Waals surface area contributed by atoms with Gasteiger partial charge in [-0.15, -0.1) is 0 Å². The number of Topliss-reactive ketones (excluding diaryl/α,β-unsaturated/α-hetero) is 2. The maximum atomic E-state index is 14.6. The van der Waals surface area contributed by atoms with Crippen molar-refractivity contribution in [3.8, 4) is 6.07 Å². The summed E-state index contributed by atoms with van der Waals surface area (Å²) in [5, 5.41) is 9.57. The minimum atomic E-state index is -1.14. The van der Waals surface area contributed by atoms with Crippen LogP contribution in [0.5, 0.6) is 0 Å². The molecular formula is C20H10BrFN2O3. The van der Waals surface area contributed by atoms with Crippen LogP contribution >= 0.6 is 15.9 Å². The number of halogens is 2. The molecule has 27 heavy (non-hydrogen) atoms. The van der Waals surface area contributed by atoms with Gasteiger partial charge < -0.3 is 10.5 Å². The van der Waals surface area contributed by atoms with E-state index in [1.165, 1.54) is 30.3 Å². The van der Waals surface area contributed by atoms with Crippen molar-refractivity contribution in [3.63, 3.8) is 0 Å². The first kappa shape index (κ1) is 17.2. The molecule has 7 heteroatoms. The molecule has 0 bridgehead atoms. The van der Waals surface area contributed by atoms with Gasteiger partial charge in [-0.3, -0.25) is 9.59 Å². The topological polar surface area (TPSA) is 93.2 Å². The predicted molar refractivity (Wildman–Crippen MR) is 96.9 cm³/mol. The van der Waals surface area contributed by atoms with Gasteiger partial charge in [-0.25, -0.2) is 4.39 Å². The number of carbonyl (C=O) groups is 2. The lowest BCUT2D eigenvalue weighted by Crippen LogP contribution is -2.32. The molecule has 0 saturated carbocycles. The Morgan fingerprint density at radius 2 is 1.78 bits per heavy atom. The smallest absolute Gasteiger partial charge is 0.229 e. The number of ether oxygens (including phenoxy) is 1. The van der Waals surface area contributed by atoms with E-state index in [1.54, 1.807) is 12.1 Å². The normalized spacial score (nSPS) is 18.6. The van der Waals surface area contributed by atoms with Crippen LogP contribution in [0.4, 0.5) is 4.39 Å². The molecule has 0 aromatic heterocycles. The highest BCUT2D eigenvalue weighted by Crippen LogP contribution is 2.45. The van der Waals surface area contributed by atoms with E-state index in [-0.39, 0.29) is 39.5 Å². The summed E-state index contributed by atoms with van der Waals surface area (Å²) in [6.45, 7) is 0. The van der Waals surface area contributed by atoms with Crippen LogP contribution in [0.1, 0.15) is 32.2 Å². The van der Waals surface area contributed by atoms with Gasteiger partial charge in [0.15, 0.2) is 11.5 Å². The molecule has 2 aromatic rings. The molecule has 1 atom stereocenters. The van der Waals surface area contributed by atoms with Crippen molar-refractivity contribution in [2.24, 2.45) is 5.73 Å². The van der Waals surface area contributed by atoms with E-state index in [1.807, 2.05) is 6.07 Å². The molecule has 0 radical (unpaired) electrons. The molecule has 132 valence electrons. The third kappa shape index (κ3) is 2.49. The van der Waals surface area contributed by atoms with Crippen LogP contribution < -0.4 is 5.73 Å². The Balaban J connectivity index is 2.02. The third-order valence-corrected chi connectivity index (χ3v) is 5.05. The van der Waals surface area contributed by atoms with Crippen molar-refractivity contribution in [3.05, 3.63) is 92.2 Å². The summed E-state index contributed by atoms with van der Waals surface area (Å²) in [6.07, 6.45) is 0. The zero-order valence-corrected chi connectivity index (χ0v) is 15.2. The maximum absolute atomic E-state index is 14.6. The van der Waals surface area contributed by atoms with E-state index >= 15 is 0 Å². The van der Waals surface area contributed by atoms with Gasteiger partial charge in [-0.1, -0.05) is 40.2 Å². The highest BCUT2D eigenvalue weighted by atomic mass is 79.9. The Hall–Kier alpha value is -3.24. The van der Waals surface area contributed by atoms with Gasteiger partial charge in [0.1, 0.15) is 17.5 Å². The van der Waals surface area contributed by atoms with Crippen molar-refractivity contribution < 1.29 is 18.7 Å². The molecule has 1 aliphatic heterocycles. The molecule has 0 fully saturated rings. The first-order chi connectivity index (χ1) is 12.9. The van der Waals surface area contributed by atoms with Crippen molar-refractivity contribution in [2.75, 3.05) is 0 Å². The second-order valence-electron chi connectivity index (χ2n) is 6.04. The summed E-state index contributed by atoms with van der Waals surface area (Å²) in [6, 6.07) is 12.3. The van der Waals surface area contributed by atoms with Crippen LogP contribution in [0.3, 0.4) is 0 Å². The van der Waals surface area contributed by atoms with Crippen LogP contribution in [-0.4, -0.2) is 11.6 Å². The monoisotopic (exact) mass is 424 g/mol. The minimum absolute atomic E-state index is 0.0557. The van der Waals surface area contributed by atoms with E-state index in [0.717, 1.165) is 0 Å². The first-order valence-corrected chi connectivity index (χ1v) is 8.68. The molecular weight excluding hydrogens is 415 g/mol. The van der Waals surface area contributed by atoms with Crippen LogP contribution in [0.25, 0.3) is 0 Å². The Morgan fingerprint density at radius 1 is 1.11 bits per heavy atom. The summed E-state index contributed by atoms with van der Waals surface area (Å²) in [4.78, 5) is 26.0. The summed E-state index contributed by atoms with van der Waals surface area (Å²) in [5.41, 5.74) is 6.06. The van der Waals surface area contributed by atoms with Gasteiger partial charge in [0.05, 0.1) is 11.5 Å². The Labute approximate surface area is 161 Å². The largest absolute Gasteiger partial charge is 0.436 e. The molecule has 1 unspecified atom stereocenters. The summed E-state index contributed by atoms with van der Waals surface area (Å²) < 4.78 is 20.5. The summed E-state index contributed by atoms with van der Waals surface area (Å²) >= 11 is 3.26. The number of nitrogens with zero attached hydrogens (tertiary/aromatic N) is 1. The molecule has 2 N–H and O–H groups in total. The highest BCUT2D eigenvalue weighted by molar-refractivity contribution is 9.10. The quantitative estimate of drug-likeness (QED) is 0.752. The Morgan fingerprint density at radius 3 is 2.44 bits per heavy atom.